The summed E-state index contributed by atoms with van der Waals surface area (Å²) in [6.07, 6.45) is 5.20. The maximum Gasteiger partial charge on any atom is 0.322 e. The molecule has 1 fully saturated rings. The van der Waals surface area contributed by atoms with Gasteiger partial charge in [0.05, 0.1) is 6.10 Å². The molecule has 0 aliphatic heterocycles. The standard InChI is InChI=1S/C14H24N4OS/c1-9(2)19-13-16-12(15-4)17-14(18-13)20-11-7-5-6-10(3)8-11/h9-11H,5-8H2,1-4H3,(H,15,16,17,18). The lowest BCUT2D eigenvalue weighted by Gasteiger charge is -2.25. The molecule has 1 saturated carbocycles. The van der Waals surface area contributed by atoms with Gasteiger partial charge in [-0.05, 0) is 32.6 Å². The van der Waals surface area contributed by atoms with Crippen LogP contribution in [0.2, 0.25) is 0 Å². The number of hydrogen-bond donors (Lipinski definition) is 1. The number of anilines is 1. The topological polar surface area (TPSA) is 59.9 Å². The zero-order valence-electron chi connectivity index (χ0n) is 12.7. The fourth-order valence-electron chi connectivity index (χ4n) is 2.40. The van der Waals surface area contributed by atoms with Crippen molar-refractivity contribution in [3.63, 3.8) is 0 Å². The molecular weight excluding hydrogens is 272 g/mol. The minimum absolute atomic E-state index is 0.0645. The molecule has 1 aromatic rings. The van der Waals surface area contributed by atoms with Crippen molar-refractivity contribution < 1.29 is 4.74 Å². The predicted molar refractivity (Wildman–Crippen MR) is 82.4 cm³/mol. The van der Waals surface area contributed by atoms with E-state index in [1.54, 1.807) is 11.8 Å². The third kappa shape index (κ3) is 4.51. The van der Waals surface area contributed by atoms with Crippen molar-refractivity contribution in [1.29, 1.82) is 0 Å². The maximum absolute atomic E-state index is 5.59. The molecule has 6 heteroatoms. The van der Waals surface area contributed by atoms with E-state index in [4.69, 9.17) is 4.74 Å². The van der Waals surface area contributed by atoms with Crippen molar-refractivity contribution >= 4 is 17.7 Å². The first-order valence-corrected chi connectivity index (χ1v) is 8.22. The lowest BCUT2D eigenvalue weighted by atomic mass is 9.91. The van der Waals surface area contributed by atoms with Gasteiger partial charge < -0.3 is 10.1 Å². The van der Waals surface area contributed by atoms with Crippen molar-refractivity contribution in [1.82, 2.24) is 15.0 Å². The largest absolute Gasteiger partial charge is 0.461 e. The minimum atomic E-state index is 0.0645. The summed E-state index contributed by atoms with van der Waals surface area (Å²) < 4.78 is 5.59. The van der Waals surface area contributed by atoms with Gasteiger partial charge >= 0.3 is 6.01 Å². The number of hydrogen-bond acceptors (Lipinski definition) is 6. The van der Waals surface area contributed by atoms with Crippen LogP contribution in [0.4, 0.5) is 5.95 Å². The molecule has 1 aliphatic carbocycles. The second-order valence-corrected chi connectivity index (χ2v) is 6.92. The summed E-state index contributed by atoms with van der Waals surface area (Å²) in [5.41, 5.74) is 0. The number of nitrogens with zero attached hydrogens (tertiary/aromatic N) is 3. The van der Waals surface area contributed by atoms with Gasteiger partial charge in [0, 0.05) is 12.3 Å². The van der Waals surface area contributed by atoms with Crippen molar-refractivity contribution in [2.75, 3.05) is 12.4 Å². The monoisotopic (exact) mass is 296 g/mol. The molecule has 0 saturated heterocycles. The van der Waals surface area contributed by atoms with Crippen molar-refractivity contribution in [2.45, 2.75) is 63.0 Å². The van der Waals surface area contributed by atoms with Gasteiger partial charge in [-0.3, -0.25) is 0 Å². The molecule has 2 rings (SSSR count). The second kappa shape index (κ2) is 7.11. The normalized spacial score (nSPS) is 22.9. The Morgan fingerprint density at radius 3 is 2.70 bits per heavy atom. The van der Waals surface area contributed by atoms with Crippen LogP contribution in [0.25, 0.3) is 0 Å². The SMILES string of the molecule is CNc1nc(OC(C)C)nc(SC2CCCC(C)C2)n1. The number of nitrogens with one attached hydrogen (secondary N) is 1. The van der Waals surface area contributed by atoms with Crippen molar-refractivity contribution in [2.24, 2.45) is 5.92 Å². The molecular formula is C14H24N4OS. The number of ether oxygens (including phenoxy) is 1. The van der Waals surface area contributed by atoms with E-state index >= 15 is 0 Å². The zero-order chi connectivity index (χ0) is 14.5. The summed E-state index contributed by atoms with van der Waals surface area (Å²) in [5.74, 6) is 1.38. The first-order chi connectivity index (χ1) is 9.56. The highest BCUT2D eigenvalue weighted by Gasteiger charge is 2.21. The summed E-state index contributed by atoms with van der Waals surface area (Å²) in [7, 11) is 1.81. The fraction of sp³-hybridized carbons (Fsp3) is 0.786. The number of aromatic nitrogens is 3. The molecule has 2 unspecified atom stereocenters. The maximum atomic E-state index is 5.59. The Balaban J connectivity index is 2.09. The quantitative estimate of drug-likeness (QED) is 0.899. The smallest absolute Gasteiger partial charge is 0.322 e. The van der Waals surface area contributed by atoms with Crippen LogP contribution in [-0.2, 0) is 0 Å². The molecule has 1 N–H and O–H groups in total. The molecule has 2 atom stereocenters. The molecule has 0 radical (unpaired) electrons. The molecule has 1 aliphatic rings. The van der Waals surface area contributed by atoms with E-state index in [9.17, 15) is 0 Å². The Bertz CT molecular complexity index is 441. The van der Waals surface area contributed by atoms with Crippen LogP contribution in [-0.4, -0.2) is 33.4 Å². The Labute approximate surface area is 125 Å². The van der Waals surface area contributed by atoms with E-state index in [-0.39, 0.29) is 6.10 Å². The van der Waals surface area contributed by atoms with Crippen LogP contribution in [0, 0.1) is 5.92 Å². The molecule has 0 spiro atoms. The average molecular weight is 296 g/mol. The Morgan fingerprint density at radius 2 is 2.05 bits per heavy atom. The van der Waals surface area contributed by atoms with Crippen LogP contribution < -0.4 is 10.1 Å². The summed E-state index contributed by atoms with van der Waals surface area (Å²) in [6.45, 7) is 6.27. The summed E-state index contributed by atoms with van der Waals surface area (Å²) >= 11 is 1.76. The van der Waals surface area contributed by atoms with Gasteiger partial charge in [-0.2, -0.15) is 15.0 Å². The molecule has 1 heterocycles. The second-order valence-electron chi connectivity index (χ2n) is 5.65. The number of rotatable bonds is 5. The fourth-order valence-corrected chi connectivity index (χ4v) is 3.68. The molecule has 112 valence electrons. The van der Waals surface area contributed by atoms with E-state index in [0.29, 0.717) is 17.2 Å². The predicted octanol–water partition coefficient (Wildman–Crippen LogP) is 3.37. The first-order valence-electron chi connectivity index (χ1n) is 7.34. The minimum Gasteiger partial charge on any atom is -0.461 e. The Kier molecular flexibility index (Phi) is 5.46. The average Bonchev–Trinajstić information content (AvgIpc) is 2.37. The van der Waals surface area contributed by atoms with Crippen molar-refractivity contribution in [3.8, 4) is 6.01 Å². The Hall–Kier alpha value is -1.04. The third-order valence-corrected chi connectivity index (χ3v) is 4.47. The molecule has 5 nitrogen and oxygen atoms in total. The van der Waals surface area contributed by atoms with Gasteiger partial charge in [-0.1, -0.05) is 31.5 Å². The van der Waals surface area contributed by atoms with Gasteiger partial charge in [0.1, 0.15) is 0 Å². The van der Waals surface area contributed by atoms with Gasteiger partial charge in [-0.15, -0.1) is 0 Å². The van der Waals surface area contributed by atoms with Gasteiger partial charge in [-0.25, -0.2) is 0 Å². The van der Waals surface area contributed by atoms with Crippen LogP contribution in [0.15, 0.2) is 5.16 Å². The summed E-state index contributed by atoms with van der Waals surface area (Å²) in [4.78, 5) is 13.1. The van der Waals surface area contributed by atoms with E-state index < -0.39 is 0 Å². The molecule has 0 bridgehead atoms. The third-order valence-electron chi connectivity index (χ3n) is 3.32. The van der Waals surface area contributed by atoms with Gasteiger partial charge in [0.25, 0.3) is 0 Å². The lowest BCUT2D eigenvalue weighted by Crippen LogP contribution is -2.16. The van der Waals surface area contributed by atoms with Crippen molar-refractivity contribution in [3.05, 3.63) is 0 Å². The summed E-state index contributed by atoms with van der Waals surface area (Å²) in [5, 5.41) is 4.34. The van der Waals surface area contributed by atoms with Crippen LogP contribution >= 0.6 is 11.8 Å². The highest BCUT2D eigenvalue weighted by atomic mass is 32.2. The van der Waals surface area contributed by atoms with E-state index in [0.717, 1.165) is 11.1 Å². The lowest BCUT2D eigenvalue weighted by molar-refractivity contribution is 0.219. The molecule has 0 aromatic carbocycles. The zero-order valence-corrected chi connectivity index (χ0v) is 13.5. The van der Waals surface area contributed by atoms with Gasteiger partial charge in [0.2, 0.25) is 5.95 Å². The summed E-state index contributed by atoms with van der Waals surface area (Å²) in [6, 6.07) is 0.408. The van der Waals surface area contributed by atoms with E-state index in [1.165, 1.54) is 25.7 Å². The molecule has 20 heavy (non-hydrogen) atoms. The molecule has 1 aromatic heterocycles. The van der Waals surface area contributed by atoms with E-state index in [1.807, 2.05) is 20.9 Å². The van der Waals surface area contributed by atoms with Crippen LogP contribution in [0.3, 0.4) is 0 Å². The Morgan fingerprint density at radius 1 is 1.25 bits per heavy atom. The van der Waals surface area contributed by atoms with Crippen LogP contribution in [0.1, 0.15) is 46.5 Å². The first kappa shape index (κ1) is 15.4. The molecule has 0 amide bonds. The number of thioether (sulfide) groups is 1. The highest BCUT2D eigenvalue weighted by molar-refractivity contribution is 7.99. The van der Waals surface area contributed by atoms with Crippen LogP contribution in [0.5, 0.6) is 6.01 Å². The van der Waals surface area contributed by atoms with Gasteiger partial charge in [0.15, 0.2) is 5.16 Å². The highest BCUT2D eigenvalue weighted by Crippen LogP contribution is 2.35. The van der Waals surface area contributed by atoms with E-state index in [2.05, 4.69) is 27.2 Å².